The van der Waals surface area contributed by atoms with E-state index in [0.717, 1.165) is 47.2 Å². The van der Waals surface area contributed by atoms with E-state index in [1.165, 1.54) is 0 Å². The molecule has 7 nitrogen and oxygen atoms in total. The zero-order valence-corrected chi connectivity index (χ0v) is 21.8. The lowest BCUT2D eigenvalue weighted by molar-refractivity contribution is 0.0668. The molecule has 8 heteroatoms. The maximum atomic E-state index is 13.9. The van der Waals surface area contributed by atoms with Gasteiger partial charge in [-0.1, -0.05) is 23.7 Å². The van der Waals surface area contributed by atoms with E-state index in [-0.39, 0.29) is 12.0 Å². The zero-order valence-electron chi connectivity index (χ0n) is 21.0. The van der Waals surface area contributed by atoms with E-state index in [2.05, 4.69) is 9.97 Å². The Morgan fingerprint density at radius 1 is 1.16 bits per heavy atom. The molecule has 2 aromatic heterocycles. The van der Waals surface area contributed by atoms with Crippen molar-refractivity contribution in [2.75, 3.05) is 20.3 Å². The summed E-state index contributed by atoms with van der Waals surface area (Å²) in [5.74, 6) is 1.16. The molecule has 5 rings (SSSR count). The van der Waals surface area contributed by atoms with E-state index < -0.39 is 0 Å². The number of amides is 1. The van der Waals surface area contributed by atoms with E-state index in [1.807, 2.05) is 61.5 Å². The first-order chi connectivity index (χ1) is 18.0. The summed E-state index contributed by atoms with van der Waals surface area (Å²) in [4.78, 5) is 23.4. The second-order valence-corrected chi connectivity index (χ2v) is 9.66. The number of hydrogen-bond acceptors (Lipinski definition) is 5. The molecule has 1 fully saturated rings. The summed E-state index contributed by atoms with van der Waals surface area (Å²) in [6.07, 6.45) is 3.87. The van der Waals surface area contributed by atoms with Crippen LogP contribution in [0, 0.1) is 6.92 Å². The molecule has 1 aliphatic heterocycles. The Morgan fingerprint density at radius 2 is 2.05 bits per heavy atom. The van der Waals surface area contributed by atoms with Crippen molar-refractivity contribution in [2.45, 2.75) is 39.0 Å². The number of carbonyl (C=O) groups excluding carboxylic acids is 1. The van der Waals surface area contributed by atoms with Crippen LogP contribution < -0.4 is 9.47 Å². The lowest BCUT2D eigenvalue weighted by Gasteiger charge is -2.23. The fourth-order valence-electron chi connectivity index (χ4n) is 4.67. The Labute approximate surface area is 221 Å². The molecule has 0 aliphatic carbocycles. The molecule has 0 spiro atoms. The molecule has 192 valence electrons. The highest BCUT2D eigenvalue weighted by Crippen LogP contribution is 2.31. The molecular weight excluding hydrogens is 490 g/mol. The van der Waals surface area contributed by atoms with E-state index in [0.29, 0.717) is 41.9 Å². The van der Waals surface area contributed by atoms with Gasteiger partial charge >= 0.3 is 0 Å². The zero-order chi connectivity index (χ0) is 25.8. The Morgan fingerprint density at radius 3 is 2.81 bits per heavy atom. The lowest BCUT2D eigenvalue weighted by atomic mass is 10.1. The van der Waals surface area contributed by atoms with Gasteiger partial charge in [0.15, 0.2) is 11.5 Å². The minimum Gasteiger partial charge on any atom is -0.493 e. The van der Waals surface area contributed by atoms with E-state index in [1.54, 1.807) is 18.2 Å². The molecule has 1 unspecified atom stereocenters. The smallest absolute Gasteiger partial charge is 0.271 e. The monoisotopic (exact) mass is 519 g/mol. The fourth-order valence-corrected chi connectivity index (χ4v) is 4.84. The number of fused-ring (bicyclic) bond motifs is 1. The van der Waals surface area contributed by atoms with Crippen LogP contribution in [-0.4, -0.2) is 47.2 Å². The maximum absolute atomic E-state index is 13.9. The molecule has 0 bridgehead atoms. The number of carbonyl (C=O) groups is 1. The van der Waals surface area contributed by atoms with Gasteiger partial charge in [0.25, 0.3) is 5.91 Å². The van der Waals surface area contributed by atoms with Gasteiger partial charge in [-0.15, -0.1) is 0 Å². The predicted octanol–water partition coefficient (Wildman–Crippen LogP) is 5.93. The van der Waals surface area contributed by atoms with Gasteiger partial charge in [0.05, 0.1) is 25.5 Å². The first-order valence-electron chi connectivity index (χ1n) is 12.4. The summed E-state index contributed by atoms with van der Waals surface area (Å²) in [5.41, 5.74) is 4.00. The van der Waals surface area contributed by atoms with Crippen LogP contribution in [0.5, 0.6) is 11.5 Å². The van der Waals surface area contributed by atoms with Crippen molar-refractivity contribution in [1.82, 2.24) is 14.9 Å². The van der Waals surface area contributed by atoms with Gasteiger partial charge in [-0.25, -0.2) is 0 Å². The van der Waals surface area contributed by atoms with Crippen LogP contribution in [-0.2, 0) is 17.8 Å². The van der Waals surface area contributed by atoms with Crippen molar-refractivity contribution >= 4 is 28.4 Å². The number of rotatable bonds is 9. The molecule has 2 aromatic carbocycles. The number of aromatic nitrogens is 2. The Hall–Kier alpha value is -3.55. The van der Waals surface area contributed by atoms with E-state index in [4.69, 9.17) is 25.8 Å². The van der Waals surface area contributed by atoms with Crippen LogP contribution in [0.2, 0.25) is 5.02 Å². The molecule has 37 heavy (non-hydrogen) atoms. The number of H-pyrrole nitrogens is 1. The average Bonchev–Trinajstić information content (AvgIpc) is 3.55. The number of hydrogen-bond donors (Lipinski definition) is 1. The van der Waals surface area contributed by atoms with Gasteiger partial charge in [0, 0.05) is 35.3 Å². The van der Waals surface area contributed by atoms with Crippen molar-refractivity contribution in [1.29, 1.82) is 0 Å². The normalized spacial score (nSPS) is 15.2. The van der Waals surface area contributed by atoms with E-state index >= 15 is 0 Å². The molecule has 1 saturated heterocycles. The SMILES string of the molecule is COc1ccc(CN(Cc2ccccn2)C(=O)c2[nH]c3ccc(Cl)cc3c2C)cc1OCC1CCCO1. The highest BCUT2D eigenvalue weighted by atomic mass is 35.5. The van der Waals surface area contributed by atoms with Crippen molar-refractivity contribution in [3.63, 3.8) is 0 Å². The van der Waals surface area contributed by atoms with Crippen LogP contribution in [0.1, 0.15) is 40.2 Å². The maximum Gasteiger partial charge on any atom is 0.271 e. The largest absolute Gasteiger partial charge is 0.493 e. The third-order valence-corrected chi connectivity index (χ3v) is 6.89. The first kappa shape index (κ1) is 25.1. The average molecular weight is 520 g/mol. The van der Waals surface area contributed by atoms with Crippen LogP contribution in [0.4, 0.5) is 0 Å². The van der Waals surface area contributed by atoms with Crippen molar-refractivity contribution in [3.05, 3.63) is 88.3 Å². The minimum atomic E-state index is -0.117. The first-order valence-corrected chi connectivity index (χ1v) is 12.8. The number of nitrogens with one attached hydrogen (secondary N) is 1. The van der Waals surface area contributed by atoms with Crippen molar-refractivity contribution in [3.8, 4) is 11.5 Å². The highest BCUT2D eigenvalue weighted by molar-refractivity contribution is 6.31. The van der Waals surface area contributed by atoms with Crippen molar-refractivity contribution < 1.29 is 19.0 Å². The van der Waals surface area contributed by atoms with Crippen LogP contribution in [0.15, 0.2) is 60.8 Å². The topological polar surface area (TPSA) is 76.7 Å². The van der Waals surface area contributed by atoms with Gasteiger partial charge in [-0.3, -0.25) is 9.78 Å². The lowest BCUT2D eigenvalue weighted by Crippen LogP contribution is -2.31. The fraction of sp³-hybridized carbons (Fsp3) is 0.310. The van der Waals surface area contributed by atoms with Crippen LogP contribution >= 0.6 is 11.6 Å². The second kappa shape index (κ2) is 11.2. The Kier molecular flexibility index (Phi) is 7.63. The van der Waals surface area contributed by atoms with Gasteiger partial charge in [-0.2, -0.15) is 0 Å². The molecular formula is C29H30ClN3O4. The molecule has 0 radical (unpaired) electrons. The number of benzene rings is 2. The second-order valence-electron chi connectivity index (χ2n) is 9.23. The highest BCUT2D eigenvalue weighted by Gasteiger charge is 2.23. The number of aromatic amines is 1. The molecule has 1 N–H and O–H groups in total. The number of pyridine rings is 1. The number of aryl methyl sites for hydroxylation is 1. The molecule has 1 atom stereocenters. The molecule has 1 amide bonds. The summed E-state index contributed by atoms with van der Waals surface area (Å²) in [6.45, 7) is 3.90. The number of halogens is 1. The predicted molar refractivity (Wildman–Crippen MR) is 143 cm³/mol. The summed E-state index contributed by atoms with van der Waals surface area (Å²) in [6, 6.07) is 17.1. The molecule has 3 heterocycles. The Bertz CT molecular complexity index is 1380. The molecule has 1 aliphatic rings. The minimum absolute atomic E-state index is 0.0917. The van der Waals surface area contributed by atoms with E-state index in [9.17, 15) is 4.79 Å². The third kappa shape index (κ3) is 5.73. The van der Waals surface area contributed by atoms with Gasteiger partial charge in [0.1, 0.15) is 12.3 Å². The number of nitrogens with zero attached hydrogens (tertiary/aromatic N) is 2. The number of methoxy groups -OCH3 is 1. The van der Waals surface area contributed by atoms with Crippen LogP contribution in [0.3, 0.4) is 0 Å². The summed E-state index contributed by atoms with van der Waals surface area (Å²) >= 11 is 6.22. The standard InChI is InChI=1S/C29H30ClN3O4/c1-19-24-15-21(30)9-10-25(24)32-28(19)29(34)33(17-22-6-3-4-12-31-22)16-20-8-11-26(35-2)27(14-20)37-18-23-7-5-13-36-23/h3-4,6,8-12,14-15,23,32H,5,7,13,16-18H2,1-2H3. The summed E-state index contributed by atoms with van der Waals surface area (Å²) in [7, 11) is 1.62. The Balaban J connectivity index is 1.44. The van der Waals surface area contributed by atoms with Gasteiger partial charge in [0.2, 0.25) is 0 Å². The quantitative estimate of drug-likeness (QED) is 0.296. The number of ether oxygens (including phenoxy) is 3. The third-order valence-electron chi connectivity index (χ3n) is 6.65. The summed E-state index contributed by atoms with van der Waals surface area (Å²) in [5, 5.41) is 1.57. The van der Waals surface area contributed by atoms with Gasteiger partial charge < -0.3 is 24.1 Å². The molecule has 4 aromatic rings. The van der Waals surface area contributed by atoms with Crippen LogP contribution in [0.25, 0.3) is 10.9 Å². The summed E-state index contributed by atoms with van der Waals surface area (Å²) < 4.78 is 17.3. The van der Waals surface area contributed by atoms with Gasteiger partial charge in [-0.05, 0) is 73.4 Å². The van der Waals surface area contributed by atoms with Crippen molar-refractivity contribution in [2.24, 2.45) is 0 Å². The molecule has 0 saturated carbocycles.